The standard InChI is InChI=1S/C24H38O4/c1-14(4-7-22(27)28)17-5-6-18-16-13-21(26)20-12-15(25)8-10-24(20,3)19(16)9-11-23(17,18)2/h14-20,25H,4-13H2,1-3H3,(H,27,28)/t14-,15?,16+,17-,18+,19+,20?,23-,24-/m1/s1. The predicted octanol–water partition coefficient (Wildman–Crippen LogP) is 4.69. The Morgan fingerprint density at radius 2 is 1.79 bits per heavy atom. The number of carbonyl (C=O) groups is 2. The van der Waals surface area contributed by atoms with Crippen molar-refractivity contribution >= 4 is 11.8 Å². The summed E-state index contributed by atoms with van der Waals surface area (Å²) in [6.07, 6.45) is 8.80. The number of carboxylic acids is 1. The van der Waals surface area contributed by atoms with Crippen molar-refractivity contribution < 1.29 is 19.8 Å². The molecule has 0 spiro atoms. The highest BCUT2D eigenvalue weighted by molar-refractivity contribution is 5.83. The molecule has 0 aromatic carbocycles. The number of rotatable bonds is 4. The van der Waals surface area contributed by atoms with E-state index in [1.165, 1.54) is 25.7 Å². The fourth-order valence-corrected chi connectivity index (χ4v) is 8.55. The molecular formula is C24H38O4. The summed E-state index contributed by atoms with van der Waals surface area (Å²) in [4.78, 5) is 24.2. The minimum absolute atomic E-state index is 0.0635. The van der Waals surface area contributed by atoms with Crippen molar-refractivity contribution in [3.63, 3.8) is 0 Å². The minimum Gasteiger partial charge on any atom is -0.481 e. The lowest BCUT2D eigenvalue weighted by atomic mass is 9.44. The van der Waals surface area contributed by atoms with Crippen LogP contribution in [0, 0.1) is 46.3 Å². The van der Waals surface area contributed by atoms with Crippen molar-refractivity contribution in [2.75, 3.05) is 0 Å². The van der Waals surface area contributed by atoms with Crippen molar-refractivity contribution in [1.82, 2.24) is 0 Å². The average Bonchev–Trinajstić information content (AvgIpc) is 2.99. The molecule has 0 bridgehead atoms. The molecule has 2 N–H and O–H groups in total. The largest absolute Gasteiger partial charge is 0.481 e. The first-order valence-electron chi connectivity index (χ1n) is 11.6. The quantitative estimate of drug-likeness (QED) is 0.730. The number of hydrogen-bond donors (Lipinski definition) is 2. The van der Waals surface area contributed by atoms with Crippen molar-refractivity contribution in [3.05, 3.63) is 0 Å². The zero-order valence-corrected chi connectivity index (χ0v) is 17.8. The highest BCUT2D eigenvalue weighted by Crippen LogP contribution is 2.67. The Morgan fingerprint density at radius 3 is 2.50 bits per heavy atom. The van der Waals surface area contributed by atoms with Crippen LogP contribution in [0.4, 0.5) is 0 Å². The van der Waals surface area contributed by atoms with Gasteiger partial charge in [0, 0.05) is 18.8 Å². The third-order valence-corrected chi connectivity index (χ3v) is 10.0. The van der Waals surface area contributed by atoms with Gasteiger partial charge in [-0.05, 0) is 91.8 Å². The second-order valence-electron chi connectivity index (χ2n) is 11.2. The minimum atomic E-state index is -0.688. The van der Waals surface area contributed by atoms with Gasteiger partial charge < -0.3 is 10.2 Å². The van der Waals surface area contributed by atoms with Crippen LogP contribution in [0.25, 0.3) is 0 Å². The van der Waals surface area contributed by atoms with Crippen LogP contribution in [0.1, 0.15) is 85.0 Å². The van der Waals surface area contributed by atoms with Gasteiger partial charge in [-0.25, -0.2) is 0 Å². The Kier molecular flexibility index (Phi) is 5.17. The van der Waals surface area contributed by atoms with Gasteiger partial charge in [0.1, 0.15) is 5.78 Å². The van der Waals surface area contributed by atoms with Crippen LogP contribution in [-0.4, -0.2) is 28.1 Å². The number of fused-ring (bicyclic) bond motifs is 5. The number of hydrogen-bond acceptors (Lipinski definition) is 3. The fourth-order valence-electron chi connectivity index (χ4n) is 8.55. The summed E-state index contributed by atoms with van der Waals surface area (Å²) >= 11 is 0. The lowest BCUT2D eigenvalue weighted by molar-refractivity contribution is -0.160. The van der Waals surface area contributed by atoms with Crippen molar-refractivity contribution in [2.45, 2.75) is 91.1 Å². The molecule has 4 aliphatic carbocycles. The van der Waals surface area contributed by atoms with Crippen LogP contribution in [-0.2, 0) is 9.59 Å². The molecule has 0 saturated heterocycles. The molecule has 0 aromatic rings. The van der Waals surface area contributed by atoms with Crippen molar-refractivity contribution in [2.24, 2.45) is 46.3 Å². The highest BCUT2D eigenvalue weighted by atomic mass is 16.4. The maximum Gasteiger partial charge on any atom is 0.303 e. The molecule has 0 heterocycles. The third kappa shape index (κ3) is 3.05. The van der Waals surface area contributed by atoms with E-state index in [0.29, 0.717) is 48.2 Å². The monoisotopic (exact) mass is 390 g/mol. The molecule has 2 unspecified atom stereocenters. The Bertz CT molecular complexity index is 645. The van der Waals surface area contributed by atoms with E-state index >= 15 is 0 Å². The SMILES string of the molecule is C[C@H](CCC(=O)O)[C@H]1CC[C@H]2[C@@H]3CC(=O)C4CC(O)CC[C@]4(C)[C@H]3CC[C@]12C. The summed E-state index contributed by atoms with van der Waals surface area (Å²) in [7, 11) is 0. The fraction of sp³-hybridized carbons (Fsp3) is 0.917. The average molecular weight is 391 g/mol. The van der Waals surface area contributed by atoms with E-state index in [2.05, 4.69) is 20.8 Å². The molecule has 4 fully saturated rings. The number of aliphatic carboxylic acids is 1. The maximum absolute atomic E-state index is 13.1. The lowest BCUT2D eigenvalue weighted by Crippen LogP contribution is -2.57. The molecule has 0 aromatic heterocycles. The Morgan fingerprint density at radius 1 is 1.11 bits per heavy atom. The number of carboxylic acid groups (broad SMARTS) is 1. The first-order valence-corrected chi connectivity index (χ1v) is 11.6. The van der Waals surface area contributed by atoms with E-state index < -0.39 is 5.97 Å². The van der Waals surface area contributed by atoms with Crippen LogP contribution in [0.3, 0.4) is 0 Å². The van der Waals surface area contributed by atoms with Gasteiger partial charge >= 0.3 is 5.97 Å². The predicted molar refractivity (Wildman–Crippen MR) is 108 cm³/mol. The lowest BCUT2D eigenvalue weighted by Gasteiger charge is -2.60. The Hall–Kier alpha value is -0.900. The molecule has 4 nitrogen and oxygen atoms in total. The van der Waals surface area contributed by atoms with Crippen LogP contribution in [0.2, 0.25) is 0 Å². The van der Waals surface area contributed by atoms with Gasteiger partial charge in [0.05, 0.1) is 6.10 Å². The van der Waals surface area contributed by atoms with Crippen LogP contribution in [0.5, 0.6) is 0 Å². The molecule has 0 radical (unpaired) electrons. The van der Waals surface area contributed by atoms with Crippen LogP contribution >= 0.6 is 0 Å². The summed E-state index contributed by atoms with van der Waals surface area (Å²) < 4.78 is 0. The zero-order chi connectivity index (χ0) is 20.3. The van der Waals surface area contributed by atoms with Crippen LogP contribution in [0.15, 0.2) is 0 Å². The van der Waals surface area contributed by atoms with E-state index in [1.54, 1.807) is 0 Å². The topological polar surface area (TPSA) is 74.6 Å². The molecular weight excluding hydrogens is 352 g/mol. The summed E-state index contributed by atoms with van der Waals surface area (Å²) in [6, 6.07) is 0. The summed E-state index contributed by atoms with van der Waals surface area (Å²) in [5, 5.41) is 19.2. The van der Waals surface area contributed by atoms with E-state index in [-0.39, 0.29) is 29.3 Å². The van der Waals surface area contributed by atoms with Crippen molar-refractivity contribution in [1.29, 1.82) is 0 Å². The summed E-state index contributed by atoms with van der Waals surface area (Å²) in [5.41, 5.74) is 0.338. The number of aliphatic hydroxyl groups excluding tert-OH is 1. The number of ketones is 1. The highest BCUT2D eigenvalue weighted by Gasteiger charge is 2.62. The maximum atomic E-state index is 13.1. The second-order valence-corrected chi connectivity index (χ2v) is 11.2. The molecule has 0 amide bonds. The Labute approximate surface area is 169 Å². The molecule has 4 saturated carbocycles. The van der Waals surface area contributed by atoms with E-state index in [4.69, 9.17) is 5.11 Å². The van der Waals surface area contributed by atoms with E-state index in [1.807, 2.05) is 0 Å². The van der Waals surface area contributed by atoms with E-state index in [9.17, 15) is 14.7 Å². The normalized spacial score (nSPS) is 49.1. The number of aliphatic hydroxyl groups is 1. The third-order valence-electron chi connectivity index (χ3n) is 10.0. The van der Waals surface area contributed by atoms with Crippen molar-refractivity contribution in [3.8, 4) is 0 Å². The van der Waals surface area contributed by atoms with Crippen LogP contribution < -0.4 is 0 Å². The molecule has 0 aliphatic heterocycles. The summed E-state index contributed by atoms with van der Waals surface area (Å²) in [5.74, 6) is 2.54. The molecule has 4 aliphatic rings. The molecule has 4 rings (SSSR count). The van der Waals surface area contributed by atoms with Gasteiger partial charge in [-0.3, -0.25) is 9.59 Å². The van der Waals surface area contributed by atoms with Gasteiger partial charge in [0.15, 0.2) is 0 Å². The number of carbonyl (C=O) groups excluding carboxylic acids is 1. The first-order chi connectivity index (χ1) is 13.2. The first kappa shape index (κ1) is 20.4. The van der Waals surface area contributed by atoms with E-state index in [0.717, 1.165) is 19.3 Å². The van der Waals surface area contributed by atoms with Gasteiger partial charge in [0.2, 0.25) is 0 Å². The Balaban J connectivity index is 1.55. The zero-order valence-electron chi connectivity index (χ0n) is 17.8. The van der Waals surface area contributed by atoms with Gasteiger partial charge in [0.25, 0.3) is 0 Å². The molecule has 28 heavy (non-hydrogen) atoms. The smallest absolute Gasteiger partial charge is 0.303 e. The van der Waals surface area contributed by atoms with Gasteiger partial charge in [-0.1, -0.05) is 20.8 Å². The molecule has 158 valence electrons. The van der Waals surface area contributed by atoms with Gasteiger partial charge in [-0.15, -0.1) is 0 Å². The van der Waals surface area contributed by atoms with Gasteiger partial charge in [-0.2, -0.15) is 0 Å². The summed E-state index contributed by atoms with van der Waals surface area (Å²) in [6.45, 7) is 7.05. The second kappa shape index (κ2) is 7.11. The number of Topliss-reactive ketones (excluding diaryl/α,β-unsaturated/α-hetero) is 1. The molecule has 4 heteroatoms. The molecule has 9 atom stereocenters.